The van der Waals surface area contributed by atoms with Gasteiger partial charge in [-0.15, -0.1) is 0 Å². The van der Waals surface area contributed by atoms with Crippen LogP contribution in [-0.2, 0) is 4.79 Å². The van der Waals surface area contributed by atoms with Crippen LogP contribution < -0.4 is 4.90 Å². The molecule has 1 fully saturated rings. The van der Waals surface area contributed by atoms with Gasteiger partial charge in [0, 0.05) is 60.1 Å². The van der Waals surface area contributed by atoms with E-state index in [4.69, 9.17) is 0 Å². The number of nitrogens with one attached hydrogen (secondary N) is 1. The molecule has 2 aliphatic heterocycles. The number of anilines is 1. The van der Waals surface area contributed by atoms with Gasteiger partial charge in [-0.3, -0.25) is 9.59 Å². The first kappa shape index (κ1) is 21.4. The highest BCUT2D eigenvalue weighted by Crippen LogP contribution is 2.42. The predicted octanol–water partition coefficient (Wildman–Crippen LogP) is 3.77. The van der Waals surface area contributed by atoms with E-state index in [1.54, 1.807) is 11.1 Å². The second-order valence-corrected chi connectivity index (χ2v) is 9.19. The van der Waals surface area contributed by atoms with Gasteiger partial charge in [-0.05, 0) is 36.8 Å². The van der Waals surface area contributed by atoms with Gasteiger partial charge in [-0.2, -0.15) is 0 Å². The number of aromatic nitrogens is 2. The normalized spacial score (nSPS) is 17.8. The molecule has 0 bridgehead atoms. The average molecular weight is 466 g/mol. The van der Waals surface area contributed by atoms with Crippen LogP contribution in [-0.4, -0.2) is 64.3 Å². The Labute approximate surface area is 204 Å². The molecule has 1 N–H and O–H groups in total. The first-order valence-corrected chi connectivity index (χ1v) is 12.0. The fourth-order valence-corrected chi connectivity index (χ4v) is 5.47. The molecule has 0 saturated carbocycles. The van der Waals surface area contributed by atoms with Crippen LogP contribution in [0.1, 0.15) is 33.2 Å². The van der Waals surface area contributed by atoms with Gasteiger partial charge in [0.25, 0.3) is 5.91 Å². The van der Waals surface area contributed by atoms with E-state index in [1.807, 2.05) is 72.5 Å². The van der Waals surface area contributed by atoms with Crippen molar-refractivity contribution in [2.45, 2.75) is 13.0 Å². The SMILES string of the molecule is Cc1[nH]c2ccccc2c1[C@@H]1c2ccccc2C(=O)N1CC(=O)N1CCN(c2ccccn2)CC1. The molecule has 4 aromatic rings. The molecular weight excluding hydrogens is 438 g/mol. The minimum atomic E-state index is -0.298. The summed E-state index contributed by atoms with van der Waals surface area (Å²) < 4.78 is 0. The second-order valence-electron chi connectivity index (χ2n) is 9.19. The van der Waals surface area contributed by atoms with E-state index in [-0.39, 0.29) is 24.4 Å². The van der Waals surface area contributed by atoms with E-state index in [0.717, 1.165) is 46.6 Å². The highest BCUT2D eigenvalue weighted by atomic mass is 16.2. The molecule has 2 amide bonds. The number of benzene rings is 2. The number of hydrogen-bond donors (Lipinski definition) is 1. The molecule has 0 aliphatic carbocycles. The zero-order chi connectivity index (χ0) is 23.9. The quantitative estimate of drug-likeness (QED) is 0.498. The van der Waals surface area contributed by atoms with Crippen LogP contribution in [0.4, 0.5) is 5.82 Å². The van der Waals surface area contributed by atoms with Crippen LogP contribution >= 0.6 is 0 Å². The Morgan fingerprint density at radius 1 is 0.971 bits per heavy atom. The highest BCUT2D eigenvalue weighted by molar-refractivity contribution is 6.02. The maximum Gasteiger partial charge on any atom is 0.255 e. The van der Waals surface area contributed by atoms with Gasteiger partial charge in [0.15, 0.2) is 0 Å². The van der Waals surface area contributed by atoms with Crippen LogP contribution in [0.2, 0.25) is 0 Å². The topological polar surface area (TPSA) is 72.5 Å². The number of nitrogens with zero attached hydrogens (tertiary/aromatic N) is 4. The molecule has 4 heterocycles. The summed E-state index contributed by atoms with van der Waals surface area (Å²) in [6.07, 6.45) is 1.79. The molecule has 6 rings (SSSR count). The Morgan fingerprint density at radius 2 is 1.71 bits per heavy atom. The molecular formula is C28H27N5O2. The molecule has 2 aromatic heterocycles. The van der Waals surface area contributed by atoms with Gasteiger partial charge in [-0.1, -0.05) is 42.5 Å². The third-order valence-corrected chi connectivity index (χ3v) is 7.19. The molecule has 176 valence electrons. The van der Waals surface area contributed by atoms with Gasteiger partial charge < -0.3 is 19.7 Å². The molecule has 35 heavy (non-hydrogen) atoms. The lowest BCUT2D eigenvalue weighted by Gasteiger charge is -2.36. The first-order chi connectivity index (χ1) is 17.1. The smallest absolute Gasteiger partial charge is 0.255 e. The van der Waals surface area contributed by atoms with E-state index < -0.39 is 0 Å². The lowest BCUT2D eigenvalue weighted by molar-refractivity contribution is -0.132. The van der Waals surface area contributed by atoms with Crippen molar-refractivity contribution < 1.29 is 9.59 Å². The largest absolute Gasteiger partial charge is 0.358 e. The summed E-state index contributed by atoms with van der Waals surface area (Å²) in [6, 6.07) is 21.4. The summed E-state index contributed by atoms with van der Waals surface area (Å²) in [6.45, 7) is 4.77. The van der Waals surface area contributed by atoms with Crippen LogP contribution in [0.5, 0.6) is 0 Å². The van der Waals surface area contributed by atoms with Crippen molar-refractivity contribution in [1.29, 1.82) is 0 Å². The number of H-pyrrole nitrogens is 1. The molecule has 0 radical (unpaired) electrons. The number of para-hydroxylation sites is 1. The van der Waals surface area contributed by atoms with Gasteiger partial charge in [-0.25, -0.2) is 4.98 Å². The molecule has 2 aliphatic rings. The van der Waals surface area contributed by atoms with E-state index in [1.165, 1.54) is 0 Å². The standard InChI is InChI=1S/C28H27N5O2/c1-19-26(22-10-4-5-11-23(22)30-19)27-20-8-2-3-9-21(20)28(35)33(27)18-25(34)32-16-14-31(15-17-32)24-12-6-7-13-29-24/h2-13,27,30H,14-18H2,1H3/t27-/m0/s1. The van der Waals surface area contributed by atoms with E-state index in [0.29, 0.717) is 18.7 Å². The number of hydrogen-bond acceptors (Lipinski definition) is 4. The molecule has 7 nitrogen and oxygen atoms in total. The van der Waals surface area contributed by atoms with E-state index in [2.05, 4.69) is 20.9 Å². The minimum Gasteiger partial charge on any atom is -0.358 e. The summed E-state index contributed by atoms with van der Waals surface area (Å²) in [5.41, 5.74) is 4.75. The van der Waals surface area contributed by atoms with Crippen LogP contribution in [0, 0.1) is 6.92 Å². The summed E-state index contributed by atoms with van der Waals surface area (Å²) in [7, 11) is 0. The average Bonchev–Trinajstić information content (AvgIpc) is 3.37. The lowest BCUT2D eigenvalue weighted by atomic mass is 9.95. The Bertz CT molecular complexity index is 1410. The molecule has 7 heteroatoms. The fraction of sp³-hybridized carbons (Fsp3) is 0.250. The number of pyridine rings is 1. The number of piperazine rings is 1. The fourth-order valence-electron chi connectivity index (χ4n) is 5.47. The van der Waals surface area contributed by atoms with Crippen LogP contribution in [0.15, 0.2) is 72.9 Å². The zero-order valence-electron chi connectivity index (χ0n) is 19.6. The molecule has 1 atom stereocenters. The van der Waals surface area contributed by atoms with Crippen LogP contribution in [0.3, 0.4) is 0 Å². The number of rotatable bonds is 4. The molecule has 0 spiro atoms. The number of aromatic amines is 1. The zero-order valence-corrected chi connectivity index (χ0v) is 19.6. The first-order valence-electron chi connectivity index (χ1n) is 12.0. The lowest BCUT2D eigenvalue weighted by Crippen LogP contribution is -2.51. The van der Waals surface area contributed by atoms with Gasteiger partial charge in [0.1, 0.15) is 12.4 Å². The summed E-state index contributed by atoms with van der Waals surface area (Å²) in [5.74, 6) is 0.824. The predicted molar refractivity (Wildman–Crippen MR) is 135 cm³/mol. The minimum absolute atomic E-state index is 0.0191. The van der Waals surface area contributed by atoms with Crippen molar-refractivity contribution in [3.8, 4) is 0 Å². The molecule has 2 aromatic carbocycles. The Morgan fingerprint density at radius 3 is 2.51 bits per heavy atom. The van der Waals surface area contributed by atoms with Crippen molar-refractivity contribution in [3.63, 3.8) is 0 Å². The van der Waals surface area contributed by atoms with Crippen molar-refractivity contribution in [3.05, 3.63) is 95.3 Å². The maximum atomic E-state index is 13.5. The number of fused-ring (bicyclic) bond motifs is 2. The third-order valence-electron chi connectivity index (χ3n) is 7.19. The van der Waals surface area contributed by atoms with Gasteiger partial charge >= 0.3 is 0 Å². The maximum absolute atomic E-state index is 13.5. The van der Waals surface area contributed by atoms with E-state index >= 15 is 0 Å². The van der Waals surface area contributed by atoms with Crippen molar-refractivity contribution in [1.82, 2.24) is 19.8 Å². The summed E-state index contributed by atoms with van der Waals surface area (Å²) >= 11 is 0. The second kappa shape index (κ2) is 8.58. The van der Waals surface area contributed by atoms with Crippen LogP contribution in [0.25, 0.3) is 10.9 Å². The molecule has 1 saturated heterocycles. The van der Waals surface area contributed by atoms with Crippen molar-refractivity contribution in [2.24, 2.45) is 0 Å². The van der Waals surface area contributed by atoms with Gasteiger partial charge in [0.2, 0.25) is 5.91 Å². The van der Waals surface area contributed by atoms with E-state index in [9.17, 15) is 9.59 Å². The number of carbonyl (C=O) groups excluding carboxylic acids is 2. The Balaban J connectivity index is 1.27. The number of amides is 2. The summed E-state index contributed by atoms with van der Waals surface area (Å²) in [5, 5.41) is 1.08. The van der Waals surface area contributed by atoms with Gasteiger partial charge in [0.05, 0.1) is 6.04 Å². The monoisotopic (exact) mass is 465 g/mol. The number of aryl methyl sites for hydroxylation is 1. The highest BCUT2D eigenvalue weighted by Gasteiger charge is 2.41. The Hall–Kier alpha value is -4.13. The summed E-state index contributed by atoms with van der Waals surface area (Å²) in [4.78, 5) is 40.7. The van der Waals surface area contributed by atoms with Crippen molar-refractivity contribution >= 4 is 28.5 Å². The molecule has 0 unspecified atom stereocenters. The third kappa shape index (κ3) is 3.64. The number of carbonyl (C=O) groups is 2. The van der Waals surface area contributed by atoms with Crippen molar-refractivity contribution in [2.75, 3.05) is 37.6 Å². The Kier molecular flexibility index (Phi) is 5.25.